The molecule has 0 spiro atoms. The average molecular weight is 407 g/mol. The van der Waals surface area contributed by atoms with Crippen LogP contribution < -0.4 is 5.32 Å². The Hall–Kier alpha value is -2.49. The smallest absolute Gasteiger partial charge is 0.320 e. The van der Waals surface area contributed by atoms with Gasteiger partial charge in [-0.05, 0) is 26.3 Å². The van der Waals surface area contributed by atoms with Crippen LogP contribution in [-0.2, 0) is 19.9 Å². The van der Waals surface area contributed by atoms with Crippen LogP contribution in [0.5, 0.6) is 0 Å². The third-order valence-corrected chi connectivity index (χ3v) is 5.62. The molecule has 160 valence electrons. The monoisotopic (exact) mass is 407 g/mol. The minimum Gasteiger partial charge on any atom is -0.480 e. The zero-order valence-electron chi connectivity index (χ0n) is 16.9. The van der Waals surface area contributed by atoms with Crippen LogP contribution in [0.4, 0.5) is 0 Å². The molecule has 9 heteroatoms. The SMILES string of the molecule is C[C@H](NC1(c2ccccc2)CN([C@@H](C)C(=O)O)CCN([C@@H](C)C(=O)O)C1)C(=O)O. The van der Waals surface area contributed by atoms with Gasteiger partial charge >= 0.3 is 17.9 Å². The quantitative estimate of drug-likeness (QED) is 0.487. The first-order valence-electron chi connectivity index (χ1n) is 9.57. The number of carboxylic acid groups (broad SMARTS) is 3. The van der Waals surface area contributed by atoms with Gasteiger partial charge in [-0.3, -0.25) is 29.5 Å². The zero-order chi connectivity index (χ0) is 21.8. The summed E-state index contributed by atoms with van der Waals surface area (Å²) in [6.07, 6.45) is 0. The topological polar surface area (TPSA) is 130 Å². The zero-order valence-corrected chi connectivity index (χ0v) is 16.9. The highest BCUT2D eigenvalue weighted by atomic mass is 16.4. The van der Waals surface area contributed by atoms with Crippen molar-refractivity contribution in [3.63, 3.8) is 0 Å². The Morgan fingerprint density at radius 3 is 1.69 bits per heavy atom. The minimum absolute atomic E-state index is 0.227. The molecule has 1 aromatic carbocycles. The molecule has 0 unspecified atom stereocenters. The fraction of sp³-hybridized carbons (Fsp3) is 0.550. The predicted molar refractivity (Wildman–Crippen MR) is 106 cm³/mol. The van der Waals surface area contributed by atoms with Crippen LogP contribution in [0, 0.1) is 0 Å². The van der Waals surface area contributed by atoms with Gasteiger partial charge in [0.25, 0.3) is 0 Å². The second kappa shape index (κ2) is 9.34. The highest BCUT2D eigenvalue weighted by molar-refractivity contribution is 5.74. The third kappa shape index (κ3) is 5.31. The molecular formula is C20H29N3O6. The van der Waals surface area contributed by atoms with E-state index in [-0.39, 0.29) is 13.1 Å². The molecular weight excluding hydrogens is 378 g/mol. The number of benzene rings is 1. The molecule has 1 aliphatic rings. The van der Waals surface area contributed by atoms with Gasteiger partial charge in [0.2, 0.25) is 0 Å². The van der Waals surface area contributed by atoms with E-state index in [9.17, 15) is 29.7 Å². The molecule has 0 bridgehead atoms. The highest BCUT2D eigenvalue weighted by Crippen LogP contribution is 2.29. The van der Waals surface area contributed by atoms with Gasteiger partial charge in [-0.15, -0.1) is 0 Å². The summed E-state index contributed by atoms with van der Waals surface area (Å²) in [6, 6.07) is 6.65. The van der Waals surface area contributed by atoms with Crippen LogP contribution >= 0.6 is 0 Å². The summed E-state index contributed by atoms with van der Waals surface area (Å²) in [6.45, 7) is 5.83. The first kappa shape index (κ1) is 22.8. The van der Waals surface area contributed by atoms with E-state index in [4.69, 9.17) is 0 Å². The van der Waals surface area contributed by atoms with Crippen molar-refractivity contribution in [2.75, 3.05) is 26.2 Å². The molecule has 1 aromatic rings. The number of nitrogens with zero attached hydrogens (tertiary/aromatic N) is 2. The van der Waals surface area contributed by atoms with Crippen molar-refractivity contribution in [3.05, 3.63) is 35.9 Å². The lowest BCUT2D eigenvalue weighted by atomic mass is 9.87. The lowest BCUT2D eigenvalue weighted by molar-refractivity contribution is -0.144. The summed E-state index contributed by atoms with van der Waals surface area (Å²) in [5, 5.41) is 31.7. The number of carbonyl (C=O) groups is 3. The molecule has 4 N–H and O–H groups in total. The molecule has 29 heavy (non-hydrogen) atoms. The maximum absolute atomic E-state index is 11.6. The Labute approximate surface area is 169 Å². The predicted octanol–water partition coefficient (Wildman–Crippen LogP) is 0.508. The molecule has 0 amide bonds. The number of aliphatic carboxylic acids is 3. The van der Waals surface area contributed by atoms with E-state index >= 15 is 0 Å². The summed E-state index contributed by atoms with van der Waals surface area (Å²) in [5.74, 6) is -3.02. The van der Waals surface area contributed by atoms with Crippen LogP contribution in [0.3, 0.4) is 0 Å². The van der Waals surface area contributed by atoms with Gasteiger partial charge in [0.1, 0.15) is 18.1 Å². The van der Waals surface area contributed by atoms with Crippen molar-refractivity contribution in [3.8, 4) is 0 Å². The molecule has 9 nitrogen and oxygen atoms in total. The number of rotatable bonds is 8. The Balaban J connectivity index is 2.57. The molecule has 1 fully saturated rings. The molecule has 0 radical (unpaired) electrons. The largest absolute Gasteiger partial charge is 0.480 e. The lowest BCUT2D eigenvalue weighted by Gasteiger charge is -2.42. The van der Waals surface area contributed by atoms with Crippen molar-refractivity contribution < 1.29 is 29.7 Å². The summed E-state index contributed by atoms with van der Waals surface area (Å²) in [5.41, 5.74) is -0.191. The summed E-state index contributed by atoms with van der Waals surface area (Å²) in [4.78, 5) is 38.4. The van der Waals surface area contributed by atoms with Crippen LogP contribution in [0.15, 0.2) is 30.3 Å². The second-order valence-corrected chi connectivity index (χ2v) is 7.62. The van der Waals surface area contributed by atoms with Crippen molar-refractivity contribution in [1.82, 2.24) is 15.1 Å². The fourth-order valence-electron chi connectivity index (χ4n) is 3.72. The fourth-order valence-corrected chi connectivity index (χ4v) is 3.72. The summed E-state index contributed by atoms with van der Waals surface area (Å²) in [7, 11) is 0. The van der Waals surface area contributed by atoms with E-state index < -0.39 is 41.6 Å². The molecule has 1 aliphatic heterocycles. The van der Waals surface area contributed by atoms with Crippen molar-refractivity contribution in [2.24, 2.45) is 0 Å². The van der Waals surface area contributed by atoms with E-state index in [0.717, 1.165) is 5.56 Å². The maximum Gasteiger partial charge on any atom is 0.320 e. The third-order valence-electron chi connectivity index (χ3n) is 5.62. The molecule has 3 atom stereocenters. The number of hydrogen-bond donors (Lipinski definition) is 4. The van der Waals surface area contributed by atoms with Crippen LogP contribution in [0.1, 0.15) is 26.3 Å². The van der Waals surface area contributed by atoms with Gasteiger partial charge in [-0.1, -0.05) is 30.3 Å². The van der Waals surface area contributed by atoms with E-state index in [0.29, 0.717) is 13.1 Å². The molecule has 0 saturated carbocycles. The van der Waals surface area contributed by atoms with E-state index in [2.05, 4.69) is 5.32 Å². The normalized spacial score (nSPS) is 20.9. The number of carboxylic acids is 3. The van der Waals surface area contributed by atoms with E-state index in [1.807, 2.05) is 30.3 Å². The van der Waals surface area contributed by atoms with Crippen molar-refractivity contribution in [2.45, 2.75) is 44.4 Å². The highest BCUT2D eigenvalue weighted by Gasteiger charge is 2.43. The first-order valence-corrected chi connectivity index (χ1v) is 9.57. The molecule has 1 saturated heterocycles. The average Bonchev–Trinajstić information content (AvgIpc) is 2.88. The van der Waals surface area contributed by atoms with E-state index in [1.54, 1.807) is 23.6 Å². The Kier molecular flexibility index (Phi) is 7.34. The number of nitrogens with one attached hydrogen (secondary N) is 1. The minimum atomic E-state index is -1.04. The Morgan fingerprint density at radius 2 is 1.31 bits per heavy atom. The van der Waals surface area contributed by atoms with Gasteiger partial charge in [-0.2, -0.15) is 0 Å². The van der Waals surface area contributed by atoms with Gasteiger partial charge in [0.15, 0.2) is 0 Å². The molecule has 0 aromatic heterocycles. The van der Waals surface area contributed by atoms with Crippen molar-refractivity contribution in [1.29, 1.82) is 0 Å². The first-order chi connectivity index (χ1) is 13.6. The van der Waals surface area contributed by atoms with Gasteiger partial charge in [-0.25, -0.2) is 0 Å². The van der Waals surface area contributed by atoms with Crippen LogP contribution in [0.25, 0.3) is 0 Å². The van der Waals surface area contributed by atoms with Crippen LogP contribution in [-0.4, -0.2) is 87.3 Å². The van der Waals surface area contributed by atoms with Gasteiger partial charge in [0, 0.05) is 26.2 Å². The molecule has 0 aliphatic carbocycles. The molecule has 2 rings (SSSR count). The van der Waals surface area contributed by atoms with Crippen molar-refractivity contribution >= 4 is 17.9 Å². The second-order valence-electron chi connectivity index (χ2n) is 7.62. The maximum atomic E-state index is 11.6. The lowest BCUT2D eigenvalue weighted by Crippen LogP contribution is -2.60. The Bertz CT molecular complexity index is 711. The summed E-state index contributed by atoms with van der Waals surface area (Å²) >= 11 is 0. The molecule has 1 heterocycles. The van der Waals surface area contributed by atoms with Gasteiger partial charge < -0.3 is 15.3 Å². The van der Waals surface area contributed by atoms with E-state index in [1.165, 1.54) is 6.92 Å². The van der Waals surface area contributed by atoms with Crippen LogP contribution in [0.2, 0.25) is 0 Å². The number of hydrogen-bond acceptors (Lipinski definition) is 6. The standard InChI is InChI=1S/C20H29N3O6/c1-13(17(24)25)21-20(16-7-5-4-6-8-16)11-22(14(2)18(26)27)9-10-23(12-20)15(3)19(28)29/h4-8,13-15,21H,9-12H2,1-3H3,(H,24,25)(H,26,27)(H,28,29)/t13-,14-,15-/m0/s1. The van der Waals surface area contributed by atoms with Gasteiger partial charge in [0.05, 0.1) is 5.54 Å². The Morgan fingerprint density at radius 1 is 0.862 bits per heavy atom. The summed E-state index contributed by atoms with van der Waals surface area (Å²) < 4.78 is 0.